The van der Waals surface area contributed by atoms with Gasteiger partial charge in [-0.2, -0.15) is 0 Å². The van der Waals surface area contributed by atoms with Crippen LogP contribution in [0.1, 0.15) is 16.8 Å². The molecular weight excluding hydrogens is 449 g/mol. The Labute approximate surface area is 201 Å². The van der Waals surface area contributed by atoms with Gasteiger partial charge in [-0.1, -0.05) is 36.4 Å². The van der Waals surface area contributed by atoms with Crippen LogP contribution in [-0.4, -0.2) is 22.8 Å². The second kappa shape index (κ2) is 9.19. The Balaban J connectivity index is 1.50. The zero-order chi connectivity index (χ0) is 23.7. The zero-order valence-corrected chi connectivity index (χ0v) is 19.5. The van der Waals surface area contributed by atoms with E-state index in [4.69, 9.17) is 4.74 Å². The Morgan fingerprint density at radius 1 is 1.06 bits per heavy atom. The third-order valence-corrected chi connectivity index (χ3v) is 6.71. The number of aliphatic imine (C=N–C) groups is 1. The van der Waals surface area contributed by atoms with Crippen molar-refractivity contribution in [2.75, 3.05) is 7.11 Å². The molecule has 5 rings (SSSR count). The summed E-state index contributed by atoms with van der Waals surface area (Å²) in [5.74, 6) is 0.321. The van der Waals surface area contributed by atoms with Gasteiger partial charge in [0.25, 0.3) is 5.91 Å². The van der Waals surface area contributed by atoms with Gasteiger partial charge in [-0.3, -0.25) is 4.79 Å². The van der Waals surface area contributed by atoms with E-state index in [0.29, 0.717) is 22.2 Å². The van der Waals surface area contributed by atoms with Crippen LogP contribution in [0.5, 0.6) is 5.75 Å². The summed E-state index contributed by atoms with van der Waals surface area (Å²) >= 11 is 1.30. The van der Waals surface area contributed by atoms with Crippen molar-refractivity contribution in [1.29, 1.82) is 0 Å². The predicted molar refractivity (Wildman–Crippen MR) is 136 cm³/mol. The number of benzene rings is 3. The molecule has 7 heteroatoms. The first-order chi connectivity index (χ1) is 16.5. The van der Waals surface area contributed by atoms with E-state index < -0.39 is 0 Å². The summed E-state index contributed by atoms with van der Waals surface area (Å²) in [4.78, 5) is 17.8. The van der Waals surface area contributed by atoms with Crippen LogP contribution < -0.4 is 10.1 Å². The molecule has 34 heavy (non-hydrogen) atoms. The second-order valence-corrected chi connectivity index (χ2v) is 8.90. The summed E-state index contributed by atoms with van der Waals surface area (Å²) in [6.07, 6.45) is 1.89. The fourth-order valence-corrected chi connectivity index (χ4v) is 4.85. The van der Waals surface area contributed by atoms with E-state index in [1.807, 2.05) is 67.6 Å². The molecule has 1 amide bonds. The van der Waals surface area contributed by atoms with Crippen molar-refractivity contribution in [3.63, 3.8) is 0 Å². The topological polar surface area (TPSA) is 55.6 Å². The van der Waals surface area contributed by atoms with E-state index in [2.05, 4.69) is 14.9 Å². The number of para-hydroxylation sites is 1. The van der Waals surface area contributed by atoms with Crippen LogP contribution in [0.25, 0.3) is 17.0 Å². The van der Waals surface area contributed by atoms with Crippen LogP contribution in [0.4, 0.5) is 10.1 Å². The lowest BCUT2D eigenvalue weighted by Gasteiger charge is -2.09. The molecule has 1 saturated heterocycles. The van der Waals surface area contributed by atoms with Gasteiger partial charge in [0.15, 0.2) is 5.17 Å². The maximum Gasteiger partial charge on any atom is 0.264 e. The minimum absolute atomic E-state index is 0.192. The maximum absolute atomic E-state index is 14.4. The number of carbonyl (C=O) groups is 1. The number of nitrogens with one attached hydrogen (secondary N) is 1. The standard InChI is InChI=1S/C27H22FN3O2S/c1-17-22(15-25-26(32)30-27(34-25)29-19-11-13-20(33-2)14-12-19)21-8-4-6-10-24(21)31(17)16-18-7-3-5-9-23(18)28/h3-15H,16H2,1-2H3,(H,29,30,32)/b25-15+. The molecule has 0 bridgehead atoms. The zero-order valence-electron chi connectivity index (χ0n) is 18.7. The molecule has 1 N–H and O–H groups in total. The number of carbonyl (C=O) groups excluding carboxylic acids is 1. The Bertz CT molecular complexity index is 1450. The number of thioether (sulfide) groups is 1. The third-order valence-electron chi connectivity index (χ3n) is 5.80. The third kappa shape index (κ3) is 4.22. The van der Waals surface area contributed by atoms with E-state index in [0.717, 1.165) is 33.6 Å². The highest BCUT2D eigenvalue weighted by Gasteiger charge is 2.25. The van der Waals surface area contributed by atoms with Gasteiger partial charge in [0, 0.05) is 27.7 Å². The molecule has 0 spiro atoms. The monoisotopic (exact) mass is 471 g/mol. The minimum atomic E-state index is -0.232. The lowest BCUT2D eigenvalue weighted by atomic mass is 10.1. The molecule has 5 nitrogen and oxygen atoms in total. The Morgan fingerprint density at radius 3 is 2.56 bits per heavy atom. The number of hydrogen-bond donors (Lipinski definition) is 1. The molecule has 1 aliphatic rings. The smallest absolute Gasteiger partial charge is 0.264 e. The van der Waals surface area contributed by atoms with Gasteiger partial charge in [-0.05, 0) is 61.2 Å². The number of halogens is 1. The molecule has 4 aromatic rings. The number of amidine groups is 1. The lowest BCUT2D eigenvalue weighted by Crippen LogP contribution is -2.19. The maximum atomic E-state index is 14.4. The SMILES string of the molecule is COc1ccc(N=C2NC(=O)/C(=C\c3c(C)n(Cc4ccccc4F)c4ccccc34)S2)cc1. The predicted octanol–water partition coefficient (Wildman–Crippen LogP) is 6.04. The van der Waals surface area contributed by atoms with Crippen molar-refractivity contribution in [2.24, 2.45) is 4.99 Å². The van der Waals surface area contributed by atoms with Gasteiger partial charge in [0.1, 0.15) is 11.6 Å². The molecule has 3 aromatic carbocycles. The van der Waals surface area contributed by atoms with Gasteiger partial charge in [0.2, 0.25) is 0 Å². The summed E-state index contributed by atoms with van der Waals surface area (Å²) in [5.41, 5.74) is 4.24. The molecule has 1 aliphatic heterocycles. The largest absolute Gasteiger partial charge is 0.497 e. The second-order valence-electron chi connectivity index (χ2n) is 7.87. The average molecular weight is 472 g/mol. The van der Waals surface area contributed by atoms with E-state index >= 15 is 0 Å². The van der Waals surface area contributed by atoms with Crippen LogP contribution in [-0.2, 0) is 11.3 Å². The first kappa shape index (κ1) is 22.0. The highest BCUT2D eigenvalue weighted by Crippen LogP contribution is 2.33. The summed E-state index contributed by atoms with van der Waals surface area (Å²) in [5, 5.41) is 4.38. The fourth-order valence-electron chi connectivity index (χ4n) is 4.03. The van der Waals surface area contributed by atoms with Gasteiger partial charge in [-0.15, -0.1) is 0 Å². The molecule has 0 unspecified atom stereocenters. The minimum Gasteiger partial charge on any atom is -0.497 e. The lowest BCUT2D eigenvalue weighted by molar-refractivity contribution is -0.115. The van der Waals surface area contributed by atoms with Crippen LogP contribution in [0.15, 0.2) is 82.7 Å². The number of fused-ring (bicyclic) bond motifs is 1. The first-order valence-electron chi connectivity index (χ1n) is 10.8. The number of methoxy groups -OCH3 is 1. The Hall–Kier alpha value is -3.84. The molecule has 0 aliphatic carbocycles. The fraction of sp³-hybridized carbons (Fsp3) is 0.111. The van der Waals surface area contributed by atoms with E-state index in [9.17, 15) is 9.18 Å². The Morgan fingerprint density at radius 2 is 1.79 bits per heavy atom. The Kier molecular flexibility index (Phi) is 5.94. The average Bonchev–Trinajstić information content (AvgIpc) is 3.32. The summed E-state index contributed by atoms with van der Waals surface area (Å²) < 4.78 is 21.6. The quantitative estimate of drug-likeness (QED) is 0.361. The van der Waals surface area contributed by atoms with Crippen molar-refractivity contribution >= 4 is 45.5 Å². The van der Waals surface area contributed by atoms with E-state index in [-0.39, 0.29) is 11.7 Å². The summed E-state index contributed by atoms with van der Waals surface area (Å²) in [6, 6.07) is 22.1. The van der Waals surface area contributed by atoms with Crippen molar-refractivity contribution in [3.05, 3.63) is 100 Å². The number of amides is 1. The van der Waals surface area contributed by atoms with Crippen LogP contribution in [0.2, 0.25) is 0 Å². The van der Waals surface area contributed by atoms with Crippen molar-refractivity contribution in [2.45, 2.75) is 13.5 Å². The molecule has 2 heterocycles. The highest BCUT2D eigenvalue weighted by molar-refractivity contribution is 8.18. The number of nitrogens with zero attached hydrogens (tertiary/aromatic N) is 2. The first-order valence-corrected chi connectivity index (χ1v) is 11.6. The van der Waals surface area contributed by atoms with E-state index in [1.54, 1.807) is 19.2 Å². The summed E-state index contributed by atoms with van der Waals surface area (Å²) in [7, 11) is 1.61. The van der Waals surface area contributed by atoms with Gasteiger partial charge in [-0.25, -0.2) is 9.38 Å². The number of ether oxygens (including phenoxy) is 1. The van der Waals surface area contributed by atoms with Crippen molar-refractivity contribution < 1.29 is 13.9 Å². The molecule has 1 aromatic heterocycles. The molecule has 170 valence electrons. The number of rotatable bonds is 5. The molecule has 0 atom stereocenters. The van der Waals surface area contributed by atoms with Gasteiger partial charge >= 0.3 is 0 Å². The molecule has 0 radical (unpaired) electrons. The normalized spacial score (nSPS) is 15.9. The van der Waals surface area contributed by atoms with Crippen molar-refractivity contribution in [1.82, 2.24) is 9.88 Å². The molecule has 0 saturated carbocycles. The van der Waals surface area contributed by atoms with E-state index in [1.165, 1.54) is 17.8 Å². The summed E-state index contributed by atoms with van der Waals surface area (Å²) in [6.45, 7) is 2.41. The molecular formula is C27H22FN3O2S. The van der Waals surface area contributed by atoms with Gasteiger partial charge < -0.3 is 14.6 Å². The number of aromatic nitrogens is 1. The van der Waals surface area contributed by atoms with Crippen LogP contribution in [0.3, 0.4) is 0 Å². The number of hydrogen-bond acceptors (Lipinski definition) is 4. The molecule has 1 fully saturated rings. The van der Waals surface area contributed by atoms with Gasteiger partial charge in [0.05, 0.1) is 24.2 Å². The van der Waals surface area contributed by atoms with Crippen LogP contribution in [0, 0.1) is 12.7 Å². The van der Waals surface area contributed by atoms with Crippen molar-refractivity contribution in [3.8, 4) is 5.75 Å². The van der Waals surface area contributed by atoms with Crippen LogP contribution >= 0.6 is 11.8 Å². The highest BCUT2D eigenvalue weighted by atomic mass is 32.2.